The summed E-state index contributed by atoms with van der Waals surface area (Å²) in [5.41, 5.74) is 4.25. The van der Waals surface area contributed by atoms with Gasteiger partial charge in [0.25, 0.3) is 0 Å². The number of ether oxygens (including phenoxy) is 1. The van der Waals surface area contributed by atoms with E-state index in [1.54, 1.807) is 11.3 Å². The predicted octanol–water partition coefficient (Wildman–Crippen LogP) is 1.96. The van der Waals surface area contributed by atoms with Crippen LogP contribution in [0.2, 0.25) is 0 Å². The molecule has 1 aromatic carbocycles. The van der Waals surface area contributed by atoms with E-state index in [9.17, 15) is 0 Å². The lowest BCUT2D eigenvalue weighted by molar-refractivity contribution is 0.0769. The molecule has 0 bridgehead atoms. The Labute approximate surface area is 92.1 Å². The number of hydrogen-bond acceptors (Lipinski definition) is 4. The lowest BCUT2D eigenvalue weighted by Crippen LogP contribution is -2.34. The van der Waals surface area contributed by atoms with Crippen LogP contribution in [0.4, 0.5) is 0 Å². The van der Waals surface area contributed by atoms with Crippen LogP contribution in [-0.4, -0.2) is 24.7 Å². The topological polar surface area (TPSA) is 34.1 Å². The van der Waals surface area contributed by atoms with E-state index in [2.05, 4.69) is 28.5 Å². The van der Waals surface area contributed by atoms with Gasteiger partial charge in [-0.05, 0) is 17.7 Å². The van der Waals surface area contributed by atoms with Crippen LogP contribution in [0, 0.1) is 0 Å². The number of morpholine rings is 1. The quantitative estimate of drug-likeness (QED) is 0.797. The maximum Gasteiger partial charge on any atom is 0.0815 e. The van der Waals surface area contributed by atoms with E-state index in [-0.39, 0.29) is 0 Å². The molecular formula is C11H12N2OS. The number of benzene rings is 1. The molecule has 3 rings (SSSR count). The first kappa shape index (κ1) is 9.27. The molecule has 2 aromatic rings. The van der Waals surface area contributed by atoms with Crippen LogP contribution in [0.5, 0.6) is 0 Å². The minimum absolute atomic E-state index is 0.324. The maximum atomic E-state index is 5.45. The van der Waals surface area contributed by atoms with E-state index in [0.717, 1.165) is 25.3 Å². The first-order valence-electron chi connectivity index (χ1n) is 5.08. The van der Waals surface area contributed by atoms with Gasteiger partial charge in [0.15, 0.2) is 0 Å². The zero-order valence-electron chi connectivity index (χ0n) is 8.27. The smallest absolute Gasteiger partial charge is 0.0815 e. The highest BCUT2D eigenvalue weighted by Crippen LogP contribution is 2.23. The zero-order chi connectivity index (χ0) is 10.1. The van der Waals surface area contributed by atoms with Gasteiger partial charge in [-0.1, -0.05) is 6.07 Å². The van der Waals surface area contributed by atoms with Crippen molar-refractivity contribution >= 4 is 21.6 Å². The summed E-state index contributed by atoms with van der Waals surface area (Å²) in [5.74, 6) is 0. The Morgan fingerprint density at radius 1 is 1.47 bits per heavy atom. The maximum absolute atomic E-state index is 5.45. The highest BCUT2D eigenvalue weighted by molar-refractivity contribution is 7.16. The Morgan fingerprint density at radius 2 is 2.47 bits per heavy atom. The number of hydrogen-bond donors (Lipinski definition) is 1. The largest absolute Gasteiger partial charge is 0.378 e. The Morgan fingerprint density at radius 3 is 3.33 bits per heavy atom. The van der Waals surface area contributed by atoms with Crippen molar-refractivity contribution in [3.05, 3.63) is 29.3 Å². The molecule has 1 aliphatic heterocycles. The molecule has 15 heavy (non-hydrogen) atoms. The molecule has 1 atom stereocenters. The average Bonchev–Trinajstić information content (AvgIpc) is 2.77. The van der Waals surface area contributed by atoms with Crippen LogP contribution in [0.1, 0.15) is 11.6 Å². The molecule has 78 valence electrons. The van der Waals surface area contributed by atoms with Gasteiger partial charge in [0, 0.05) is 6.54 Å². The molecule has 0 radical (unpaired) electrons. The second kappa shape index (κ2) is 3.89. The first-order valence-corrected chi connectivity index (χ1v) is 5.96. The van der Waals surface area contributed by atoms with Gasteiger partial charge in [-0.25, -0.2) is 4.98 Å². The van der Waals surface area contributed by atoms with Crippen molar-refractivity contribution in [2.45, 2.75) is 6.04 Å². The molecule has 1 aromatic heterocycles. The second-order valence-corrected chi connectivity index (χ2v) is 4.55. The van der Waals surface area contributed by atoms with Crippen LogP contribution >= 0.6 is 11.3 Å². The molecule has 0 amide bonds. The van der Waals surface area contributed by atoms with Crippen LogP contribution in [-0.2, 0) is 4.74 Å². The highest BCUT2D eigenvalue weighted by Gasteiger charge is 2.15. The van der Waals surface area contributed by atoms with E-state index in [1.807, 2.05) is 5.51 Å². The number of rotatable bonds is 1. The second-order valence-electron chi connectivity index (χ2n) is 3.66. The van der Waals surface area contributed by atoms with E-state index in [1.165, 1.54) is 10.3 Å². The van der Waals surface area contributed by atoms with E-state index in [0.29, 0.717) is 6.04 Å². The summed E-state index contributed by atoms with van der Waals surface area (Å²) in [6, 6.07) is 6.77. The Balaban J connectivity index is 1.95. The summed E-state index contributed by atoms with van der Waals surface area (Å²) in [4.78, 5) is 4.32. The molecule has 1 fully saturated rings. The third kappa shape index (κ3) is 1.76. The van der Waals surface area contributed by atoms with Crippen LogP contribution in [0.25, 0.3) is 10.2 Å². The summed E-state index contributed by atoms with van der Waals surface area (Å²) < 4.78 is 6.70. The fraction of sp³-hybridized carbons (Fsp3) is 0.364. The Hall–Kier alpha value is -0.970. The van der Waals surface area contributed by atoms with Crippen molar-refractivity contribution in [2.75, 3.05) is 19.8 Å². The third-order valence-corrected chi connectivity index (χ3v) is 3.49. The first-order chi connectivity index (χ1) is 7.43. The average molecular weight is 220 g/mol. The molecular weight excluding hydrogens is 208 g/mol. The van der Waals surface area contributed by atoms with Gasteiger partial charge in [0.2, 0.25) is 0 Å². The molecule has 1 unspecified atom stereocenters. The van der Waals surface area contributed by atoms with Gasteiger partial charge in [-0.3, -0.25) is 0 Å². The van der Waals surface area contributed by atoms with Crippen molar-refractivity contribution in [1.29, 1.82) is 0 Å². The number of fused-ring (bicyclic) bond motifs is 1. The van der Waals surface area contributed by atoms with Crippen molar-refractivity contribution in [2.24, 2.45) is 0 Å². The van der Waals surface area contributed by atoms with Crippen molar-refractivity contribution in [3.63, 3.8) is 0 Å². The molecule has 0 saturated carbocycles. The molecule has 2 heterocycles. The molecule has 1 aliphatic rings. The number of thiazole rings is 1. The Bertz CT molecular complexity index is 462. The molecule has 0 spiro atoms. The number of nitrogens with zero attached hydrogens (tertiary/aromatic N) is 1. The van der Waals surface area contributed by atoms with Gasteiger partial charge >= 0.3 is 0 Å². The van der Waals surface area contributed by atoms with Gasteiger partial charge in [-0.2, -0.15) is 0 Å². The van der Waals surface area contributed by atoms with Crippen LogP contribution in [0.15, 0.2) is 23.7 Å². The van der Waals surface area contributed by atoms with E-state index >= 15 is 0 Å². The van der Waals surface area contributed by atoms with Crippen molar-refractivity contribution in [3.8, 4) is 0 Å². The van der Waals surface area contributed by atoms with Gasteiger partial charge < -0.3 is 10.1 Å². The standard InChI is InChI=1S/C11H12N2OS/c1-2-11-9(13-7-15-11)5-8(1)10-6-14-4-3-12-10/h1-2,5,7,10,12H,3-4,6H2. The summed E-state index contributed by atoms with van der Waals surface area (Å²) in [5, 5.41) is 3.44. The molecule has 0 aliphatic carbocycles. The van der Waals surface area contributed by atoms with Crippen molar-refractivity contribution in [1.82, 2.24) is 10.3 Å². The lowest BCUT2D eigenvalue weighted by atomic mass is 10.1. The summed E-state index contributed by atoms with van der Waals surface area (Å²) in [6.45, 7) is 2.50. The third-order valence-electron chi connectivity index (χ3n) is 2.68. The monoisotopic (exact) mass is 220 g/mol. The highest BCUT2D eigenvalue weighted by atomic mass is 32.1. The van der Waals surface area contributed by atoms with Gasteiger partial charge in [0.1, 0.15) is 0 Å². The van der Waals surface area contributed by atoms with Crippen molar-refractivity contribution < 1.29 is 4.74 Å². The van der Waals surface area contributed by atoms with E-state index in [4.69, 9.17) is 4.74 Å². The van der Waals surface area contributed by atoms with Gasteiger partial charge in [0.05, 0.1) is 35.0 Å². The summed E-state index contributed by atoms with van der Waals surface area (Å²) >= 11 is 1.68. The number of nitrogens with one attached hydrogen (secondary N) is 1. The van der Waals surface area contributed by atoms with Crippen LogP contribution < -0.4 is 5.32 Å². The van der Waals surface area contributed by atoms with Crippen LogP contribution in [0.3, 0.4) is 0 Å². The van der Waals surface area contributed by atoms with Gasteiger partial charge in [-0.15, -0.1) is 11.3 Å². The SMILES string of the molecule is c1nc2cc(C3COCCN3)ccc2s1. The summed E-state index contributed by atoms with van der Waals surface area (Å²) in [6.07, 6.45) is 0. The minimum atomic E-state index is 0.324. The molecule has 1 N–H and O–H groups in total. The normalized spacial score (nSPS) is 22.0. The molecule has 1 saturated heterocycles. The fourth-order valence-electron chi connectivity index (χ4n) is 1.87. The predicted molar refractivity (Wildman–Crippen MR) is 61.2 cm³/mol. The molecule has 4 heteroatoms. The zero-order valence-corrected chi connectivity index (χ0v) is 9.09. The Kier molecular flexibility index (Phi) is 2.40. The number of aromatic nitrogens is 1. The summed E-state index contributed by atoms with van der Waals surface area (Å²) in [7, 11) is 0. The fourth-order valence-corrected chi connectivity index (χ4v) is 2.53. The van der Waals surface area contributed by atoms with E-state index < -0.39 is 0 Å². The lowest BCUT2D eigenvalue weighted by Gasteiger charge is -2.24. The molecule has 3 nitrogen and oxygen atoms in total. The minimum Gasteiger partial charge on any atom is -0.378 e.